The SMILES string of the molecule is Nc1ccccc1C(=O)OC(=O)c1cc(Cl)ccc1N. The van der Waals surface area contributed by atoms with Gasteiger partial charge in [-0.3, -0.25) is 0 Å². The fourth-order valence-electron chi connectivity index (χ4n) is 1.58. The van der Waals surface area contributed by atoms with E-state index in [0.29, 0.717) is 5.02 Å². The summed E-state index contributed by atoms with van der Waals surface area (Å²) in [5.74, 6) is -1.72. The van der Waals surface area contributed by atoms with E-state index in [1.54, 1.807) is 12.1 Å². The Kier molecular flexibility index (Phi) is 3.91. The normalized spacial score (nSPS) is 10.1. The highest BCUT2D eigenvalue weighted by atomic mass is 35.5. The minimum absolute atomic E-state index is 0.0281. The molecular formula is C14H11ClN2O3. The Hall–Kier alpha value is -2.53. The topological polar surface area (TPSA) is 95.4 Å². The van der Waals surface area contributed by atoms with Gasteiger partial charge in [-0.15, -0.1) is 0 Å². The highest BCUT2D eigenvalue weighted by Gasteiger charge is 2.18. The molecule has 6 heteroatoms. The number of rotatable bonds is 2. The summed E-state index contributed by atoms with van der Waals surface area (Å²) in [4.78, 5) is 23.7. The third-order valence-corrected chi connectivity index (χ3v) is 2.84. The third kappa shape index (κ3) is 2.89. The van der Waals surface area contributed by atoms with Crippen molar-refractivity contribution < 1.29 is 14.3 Å². The molecule has 5 nitrogen and oxygen atoms in total. The van der Waals surface area contributed by atoms with Crippen LogP contribution in [0.15, 0.2) is 42.5 Å². The van der Waals surface area contributed by atoms with E-state index in [0.717, 1.165) is 0 Å². The number of hydrogen-bond acceptors (Lipinski definition) is 5. The molecule has 0 saturated heterocycles. The highest BCUT2D eigenvalue weighted by Crippen LogP contribution is 2.20. The van der Waals surface area contributed by atoms with Gasteiger partial charge in [0.15, 0.2) is 0 Å². The summed E-state index contributed by atoms with van der Waals surface area (Å²) < 4.78 is 4.74. The van der Waals surface area contributed by atoms with Crippen LogP contribution in [0.25, 0.3) is 0 Å². The second-order valence-electron chi connectivity index (χ2n) is 4.00. The number of nitrogen functional groups attached to an aromatic ring is 2. The average molecular weight is 291 g/mol. The van der Waals surface area contributed by atoms with Crippen molar-refractivity contribution >= 4 is 34.9 Å². The van der Waals surface area contributed by atoms with Crippen LogP contribution in [0.4, 0.5) is 11.4 Å². The number of ether oxygens (including phenoxy) is 1. The van der Waals surface area contributed by atoms with Crippen LogP contribution >= 0.6 is 11.6 Å². The van der Waals surface area contributed by atoms with Crippen molar-refractivity contribution in [1.29, 1.82) is 0 Å². The van der Waals surface area contributed by atoms with Crippen LogP contribution in [0, 0.1) is 0 Å². The van der Waals surface area contributed by atoms with Crippen molar-refractivity contribution in [3.8, 4) is 0 Å². The minimum Gasteiger partial charge on any atom is -0.398 e. The molecule has 0 radical (unpaired) electrons. The van der Waals surface area contributed by atoms with Crippen molar-refractivity contribution in [3.05, 3.63) is 58.6 Å². The van der Waals surface area contributed by atoms with Gasteiger partial charge >= 0.3 is 11.9 Å². The van der Waals surface area contributed by atoms with Crippen LogP contribution in [-0.2, 0) is 4.74 Å². The number of carbonyl (C=O) groups excluding carboxylic acids is 2. The van der Waals surface area contributed by atoms with Crippen LogP contribution in [0.5, 0.6) is 0 Å². The summed E-state index contributed by atoms with van der Waals surface area (Å²) in [7, 11) is 0. The van der Waals surface area contributed by atoms with Crippen LogP contribution in [0.3, 0.4) is 0 Å². The third-order valence-electron chi connectivity index (χ3n) is 2.60. The predicted molar refractivity (Wildman–Crippen MR) is 76.5 cm³/mol. The van der Waals surface area contributed by atoms with Crippen molar-refractivity contribution in [2.75, 3.05) is 11.5 Å². The van der Waals surface area contributed by atoms with Gasteiger partial charge in [-0.1, -0.05) is 23.7 Å². The molecule has 2 aromatic carbocycles. The van der Waals surface area contributed by atoms with Gasteiger partial charge in [0.1, 0.15) is 0 Å². The number of hydrogen-bond donors (Lipinski definition) is 2. The maximum Gasteiger partial charge on any atom is 0.348 e. The summed E-state index contributed by atoms with van der Waals surface area (Å²) in [5, 5.41) is 0.317. The first-order valence-electron chi connectivity index (χ1n) is 5.65. The molecule has 0 aromatic heterocycles. The molecule has 0 fully saturated rings. The number of benzene rings is 2. The lowest BCUT2D eigenvalue weighted by molar-refractivity contribution is 0.0399. The predicted octanol–water partition coefficient (Wildman–Crippen LogP) is 2.50. The van der Waals surface area contributed by atoms with Crippen molar-refractivity contribution in [3.63, 3.8) is 0 Å². The molecular weight excluding hydrogens is 280 g/mol. The van der Waals surface area contributed by atoms with E-state index in [4.69, 9.17) is 27.8 Å². The molecule has 0 atom stereocenters. The first-order valence-corrected chi connectivity index (χ1v) is 6.03. The lowest BCUT2D eigenvalue weighted by Crippen LogP contribution is -2.15. The average Bonchev–Trinajstić information content (AvgIpc) is 2.41. The Morgan fingerprint density at radius 3 is 2.20 bits per heavy atom. The monoisotopic (exact) mass is 290 g/mol. The number of halogens is 1. The van der Waals surface area contributed by atoms with Gasteiger partial charge < -0.3 is 16.2 Å². The summed E-state index contributed by atoms with van der Waals surface area (Å²) in [6.45, 7) is 0. The second kappa shape index (κ2) is 5.63. The Bertz CT molecular complexity index is 686. The molecule has 0 heterocycles. The first-order chi connectivity index (χ1) is 9.49. The highest BCUT2D eigenvalue weighted by molar-refractivity contribution is 6.31. The lowest BCUT2D eigenvalue weighted by Gasteiger charge is -2.07. The van der Waals surface area contributed by atoms with Gasteiger partial charge in [-0.25, -0.2) is 9.59 Å². The summed E-state index contributed by atoms with van der Waals surface area (Å²) in [5.41, 5.74) is 11.8. The summed E-state index contributed by atoms with van der Waals surface area (Å²) in [6, 6.07) is 10.6. The molecule has 0 aliphatic carbocycles. The van der Waals surface area contributed by atoms with E-state index in [9.17, 15) is 9.59 Å². The van der Waals surface area contributed by atoms with Crippen molar-refractivity contribution in [2.45, 2.75) is 0 Å². The number of anilines is 2. The van der Waals surface area contributed by atoms with Gasteiger partial charge in [0.05, 0.1) is 11.1 Å². The number of carbonyl (C=O) groups is 2. The number of esters is 2. The first kappa shape index (κ1) is 13.9. The Morgan fingerprint density at radius 1 is 0.900 bits per heavy atom. The molecule has 0 saturated carbocycles. The fourth-order valence-corrected chi connectivity index (χ4v) is 1.75. The Labute approximate surface area is 120 Å². The standard InChI is InChI=1S/C14H11ClN2O3/c15-8-5-6-12(17)10(7-8)14(19)20-13(18)9-3-1-2-4-11(9)16/h1-7H,16-17H2. The van der Waals surface area contributed by atoms with E-state index >= 15 is 0 Å². The molecule has 20 heavy (non-hydrogen) atoms. The zero-order chi connectivity index (χ0) is 14.7. The molecule has 0 unspecified atom stereocenters. The number of para-hydroxylation sites is 1. The molecule has 4 N–H and O–H groups in total. The van der Waals surface area contributed by atoms with Gasteiger partial charge in [0.2, 0.25) is 0 Å². The molecule has 0 spiro atoms. The van der Waals surface area contributed by atoms with E-state index in [1.165, 1.54) is 30.3 Å². The maximum absolute atomic E-state index is 11.9. The van der Waals surface area contributed by atoms with Gasteiger partial charge in [-0.2, -0.15) is 0 Å². The largest absolute Gasteiger partial charge is 0.398 e. The van der Waals surface area contributed by atoms with Crippen LogP contribution in [-0.4, -0.2) is 11.9 Å². The minimum atomic E-state index is -0.877. The maximum atomic E-state index is 11.9. The van der Waals surface area contributed by atoms with E-state index in [1.807, 2.05) is 0 Å². The van der Waals surface area contributed by atoms with E-state index in [2.05, 4.69) is 0 Å². The smallest absolute Gasteiger partial charge is 0.348 e. The summed E-state index contributed by atoms with van der Waals surface area (Å²) >= 11 is 5.77. The molecule has 0 aliphatic heterocycles. The molecule has 0 aliphatic rings. The molecule has 2 rings (SSSR count). The van der Waals surface area contributed by atoms with Gasteiger partial charge in [0.25, 0.3) is 0 Å². The van der Waals surface area contributed by atoms with Crippen LogP contribution in [0.2, 0.25) is 5.02 Å². The van der Waals surface area contributed by atoms with Gasteiger partial charge in [0, 0.05) is 16.4 Å². The van der Waals surface area contributed by atoms with E-state index < -0.39 is 11.9 Å². The Morgan fingerprint density at radius 2 is 1.50 bits per heavy atom. The second-order valence-corrected chi connectivity index (χ2v) is 4.43. The van der Waals surface area contributed by atoms with Crippen molar-refractivity contribution in [2.24, 2.45) is 0 Å². The van der Waals surface area contributed by atoms with Crippen LogP contribution in [0.1, 0.15) is 20.7 Å². The molecule has 102 valence electrons. The van der Waals surface area contributed by atoms with Crippen molar-refractivity contribution in [1.82, 2.24) is 0 Å². The van der Waals surface area contributed by atoms with Gasteiger partial charge in [-0.05, 0) is 30.3 Å². The molecule has 0 bridgehead atoms. The molecule has 0 amide bonds. The van der Waals surface area contributed by atoms with E-state index in [-0.39, 0.29) is 22.5 Å². The number of nitrogens with two attached hydrogens (primary N) is 2. The summed E-state index contributed by atoms with van der Waals surface area (Å²) in [6.07, 6.45) is 0. The zero-order valence-corrected chi connectivity index (χ0v) is 11.1. The lowest BCUT2D eigenvalue weighted by atomic mass is 10.1. The quantitative estimate of drug-likeness (QED) is 0.503. The Balaban J connectivity index is 2.22. The zero-order valence-electron chi connectivity index (χ0n) is 10.3. The molecule has 2 aromatic rings. The fraction of sp³-hybridized carbons (Fsp3) is 0. The van der Waals surface area contributed by atoms with Crippen LogP contribution < -0.4 is 11.5 Å².